The first-order valence-electron chi connectivity index (χ1n) is 7.98. The van der Waals surface area contributed by atoms with Crippen molar-refractivity contribution in [2.45, 2.75) is 76.6 Å². The van der Waals surface area contributed by atoms with Crippen molar-refractivity contribution >= 4 is 14.3 Å². The monoisotopic (exact) mass is 312 g/mol. The summed E-state index contributed by atoms with van der Waals surface area (Å²) in [6, 6.07) is 0. The molecule has 3 nitrogen and oxygen atoms in total. The molecule has 0 aliphatic heterocycles. The van der Waals surface area contributed by atoms with Crippen molar-refractivity contribution in [2.75, 3.05) is 7.11 Å². The van der Waals surface area contributed by atoms with Gasteiger partial charge in [-0.1, -0.05) is 39.7 Å². The molecule has 0 saturated heterocycles. The van der Waals surface area contributed by atoms with Gasteiger partial charge in [-0.05, 0) is 37.4 Å². The molecule has 122 valence electrons. The summed E-state index contributed by atoms with van der Waals surface area (Å²) in [4.78, 5) is 12.3. The highest BCUT2D eigenvalue weighted by atomic mass is 28.4. The molecule has 1 rings (SSSR count). The Morgan fingerprint density at radius 1 is 1.38 bits per heavy atom. The smallest absolute Gasteiger partial charge is 0.311 e. The second kappa shape index (κ2) is 6.65. The Bertz CT molecular complexity index is 384. The average Bonchev–Trinajstić information content (AvgIpc) is 2.36. The third-order valence-corrected chi connectivity index (χ3v) is 9.75. The number of carbonyl (C=O) groups is 1. The van der Waals surface area contributed by atoms with Crippen LogP contribution in [0.4, 0.5) is 0 Å². The predicted octanol–water partition coefficient (Wildman–Crippen LogP) is 4.69. The number of hydrogen-bond donors (Lipinski definition) is 0. The highest BCUT2D eigenvalue weighted by Crippen LogP contribution is 2.47. The van der Waals surface area contributed by atoms with E-state index in [0.717, 1.165) is 32.1 Å². The highest BCUT2D eigenvalue weighted by Gasteiger charge is 2.51. The third kappa shape index (κ3) is 3.98. The van der Waals surface area contributed by atoms with Crippen LogP contribution in [0.1, 0.15) is 52.9 Å². The van der Waals surface area contributed by atoms with Gasteiger partial charge in [-0.2, -0.15) is 0 Å². The zero-order valence-electron chi connectivity index (χ0n) is 14.6. The molecule has 0 unspecified atom stereocenters. The van der Waals surface area contributed by atoms with Crippen LogP contribution in [0.3, 0.4) is 0 Å². The van der Waals surface area contributed by atoms with Crippen LogP contribution in [0, 0.1) is 5.92 Å². The van der Waals surface area contributed by atoms with Crippen LogP contribution in [0.15, 0.2) is 12.7 Å². The summed E-state index contributed by atoms with van der Waals surface area (Å²) < 4.78 is 11.8. The van der Waals surface area contributed by atoms with Gasteiger partial charge in [0.1, 0.15) is 0 Å². The number of methoxy groups -OCH3 is 1. The Balaban J connectivity index is 3.15. The Labute approximate surface area is 131 Å². The van der Waals surface area contributed by atoms with Crippen molar-refractivity contribution in [2.24, 2.45) is 5.92 Å². The van der Waals surface area contributed by atoms with Crippen LogP contribution in [0.5, 0.6) is 0 Å². The standard InChI is InChI=1S/C17H32O3Si/c1-8-12-17(20-21(6,7)16(2,3)4)13-10-9-11-14(17)15(18)19-5/h8,14H,1,9-13H2,2-7H3/t14-,17+/m1/s1. The van der Waals surface area contributed by atoms with Gasteiger partial charge in [0.15, 0.2) is 8.32 Å². The summed E-state index contributed by atoms with van der Waals surface area (Å²) in [5.74, 6) is -0.293. The molecule has 0 radical (unpaired) electrons. The van der Waals surface area contributed by atoms with Crippen molar-refractivity contribution < 1.29 is 14.0 Å². The normalized spacial score (nSPS) is 27.2. The van der Waals surface area contributed by atoms with Crippen molar-refractivity contribution in [1.29, 1.82) is 0 Å². The van der Waals surface area contributed by atoms with Crippen LogP contribution in [-0.2, 0) is 14.0 Å². The van der Waals surface area contributed by atoms with E-state index in [2.05, 4.69) is 40.4 Å². The fraction of sp³-hybridized carbons (Fsp3) is 0.824. The molecule has 4 heteroatoms. The zero-order valence-corrected chi connectivity index (χ0v) is 15.6. The average molecular weight is 313 g/mol. The lowest BCUT2D eigenvalue weighted by atomic mass is 9.73. The molecule has 1 aliphatic carbocycles. The number of ether oxygens (including phenoxy) is 1. The van der Waals surface area contributed by atoms with Crippen molar-refractivity contribution in [3.63, 3.8) is 0 Å². The molecule has 0 aromatic heterocycles. The van der Waals surface area contributed by atoms with Gasteiger partial charge in [0.25, 0.3) is 0 Å². The molecule has 1 aliphatic rings. The number of carbonyl (C=O) groups excluding carboxylic acids is 1. The predicted molar refractivity (Wildman–Crippen MR) is 89.8 cm³/mol. The number of rotatable bonds is 5. The highest BCUT2D eigenvalue weighted by molar-refractivity contribution is 6.74. The first-order valence-corrected chi connectivity index (χ1v) is 10.9. The Kier molecular flexibility index (Phi) is 5.84. The van der Waals surface area contributed by atoms with Gasteiger partial charge in [0, 0.05) is 0 Å². The van der Waals surface area contributed by atoms with Gasteiger partial charge < -0.3 is 9.16 Å². The molecule has 1 saturated carbocycles. The molecule has 0 spiro atoms. The molecule has 0 heterocycles. The molecule has 0 aromatic carbocycles. The minimum atomic E-state index is -1.96. The van der Waals surface area contributed by atoms with Crippen molar-refractivity contribution in [1.82, 2.24) is 0 Å². The van der Waals surface area contributed by atoms with Gasteiger partial charge in [-0.3, -0.25) is 4.79 Å². The van der Waals surface area contributed by atoms with Crippen LogP contribution >= 0.6 is 0 Å². The van der Waals surface area contributed by atoms with Crippen LogP contribution in [0.25, 0.3) is 0 Å². The van der Waals surface area contributed by atoms with Gasteiger partial charge in [0.2, 0.25) is 0 Å². The van der Waals surface area contributed by atoms with E-state index in [1.54, 1.807) is 0 Å². The summed E-state index contributed by atoms with van der Waals surface area (Å²) in [6.07, 6.45) is 6.57. The van der Waals surface area contributed by atoms with Gasteiger partial charge in [-0.25, -0.2) is 0 Å². The van der Waals surface area contributed by atoms with Crippen molar-refractivity contribution in [3.8, 4) is 0 Å². The van der Waals surface area contributed by atoms with E-state index >= 15 is 0 Å². The molecule has 21 heavy (non-hydrogen) atoms. The number of esters is 1. The Morgan fingerprint density at radius 3 is 2.48 bits per heavy atom. The Hall–Kier alpha value is -0.613. The topological polar surface area (TPSA) is 35.5 Å². The first kappa shape index (κ1) is 18.4. The van der Waals surface area contributed by atoms with Crippen LogP contribution in [0.2, 0.25) is 18.1 Å². The fourth-order valence-corrected chi connectivity index (χ4v) is 4.65. The maximum absolute atomic E-state index is 12.3. The first-order chi connectivity index (χ1) is 9.59. The molecular weight excluding hydrogens is 280 g/mol. The van der Waals surface area contributed by atoms with E-state index in [1.165, 1.54) is 7.11 Å². The molecule has 1 fully saturated rings. The zero-order chi connectivity index (χ0) is 16.3. The Morgan fingerprint density at radius 2 is 2.00 bits per heavy atom. The summed E-state index contributed by atoms with van der Waals surface area (Å²) >= 11 is 0. The molecular formula is C17H32O3Si. The van der Waals surface area contributed by atoms with Crippen molar-refractivity contribution in [3.05, 3.63) is 12.7 Å². The lowest BCUT2D eigenvalue weighted by molar-refractivity contribution is -0.157. The maximum atomic E-state index is 12.3. The summed E-state index contributed by atoms with van der Waals surface area (Å²) in [7, 11) is -0.484. The van der Waals surface area contributed by atoms with E-state index in [1.807, 2.05) is 6.08 Å². The minimum Gasteiger partial charge on any atom is -0.469 e. The number of hydrogen-bond acceptors (Lipinski definition) is 3. The van der Waals surface area contributed by atoms with Gasteiger partial charge in [0.05, 0.1) is 18.6 Å². The SMILES string of the molecule is C=CC[C@]1(O[Si](C)(C)C(C)(C)C)CCCC[C@@H]1C(=O)OC. The minimum absolute atomic E-state index is 0.124. The van der Waals surface area contributed by atoms with E-state index < -0.39 is 13.9 Å². The van der Waals surface area contributed by atoms with Gasteiger partial charge in [-0.15, -0.1) is 6.58 Å². The second-order valence-corrected chi connectivity index (χ2v) is 12.5. The van der Waals surface area contributed by atoms with Gasteiger partial charge >= 0.3 is 5.97 Å². The van der Waals surface area contributed by atoms with E-state index in [9.17, 15) is 4.79 Å². The molecule has 0 bridgehead atoms. The third-order valence-electron chi connectivity index (χ3n) is 5.22. The molecule has 0 N–H and O–H groups in total. The van der Waals surface area contributed by atoms with Crippen LogP contribution in [-0.4, -0.2) is 27.0 Å². The van der Waals surface area contributed by atoms with E-state index in [-0.39, 0.29) is 16.9 Å². The molecule has 0 amide bonds. The summed E-state index contributed by atoms with van der Waals surface area (Å²) in [5, 5.41) is 0.124. The fourth-order valence-electron chi connectivity index (χ4n) is 3.00. The quantitative estimate of drug-likeness (QED) is 0.420. The molecule has 0 aromatic rings. The second-order valence-electron chi connectivity index (χ2n) is 7.74. The molecule has 2 atom stereocenters. The van der Waals surface area contributed by atoms with E-state index in [4.69, 9.17) is 9.16 Å². The van der Waals surface area contributed by atoms with Crippen LogP contribution < -0.4 is 0 Å². The summed E-state index contributed by atoms with van der Waals surface area (Å²) in [6.45, 7) is 15.1. The maximum Gasteiger partial charge on any atom is 0.311 e. The largest absolute Gasteiger partial charge is 0.469 e. The summed E-state index contributed by atoms with van der Waals surface area (Å²) in [5.41, 5.74) is -0.421. The lowest BCUT2D eigenvalue weighted by Gasteiger charge is -2.50. The van der Waals surface area contributed by atoms with E-state index in [0.29, 0.717) is 0 Å². The lowest BCUT2D eigenvalue weighted by Crippen LogP contribution is -2.56.